The minimum atomic E-state index is -0.297. The first-order chi connectivity index (χ1) is 4.79. The molecule has 0 bridgehead atoms. The zero-order valence-electron chi connectivity index (χ0n) is 5.45. The number of imidazole rings is 1. The molecule has 0 saturated carbocycles. The number of carbonyl (C=O) groups excluding carboxylic acids is 1. The highest BCUT2D eigenvalue weighted by atomic mass is 16.1. The van der Waals surface area contributed by atoms with Crippen molar-refractivity contribution in [3.8, 4) is 0 Å². The van der Waals surface area contributed by atoms with E-state index in [-0.39, 0.29) is 5.91 Å². The second-order valence-corrected chi connectivity index (χ2v) is 1.96. The van der Waals surface area contributed by atoms with E-state index in [0.29, 0.717) is 13.0 Å². The molecule has 10 heavy (non-hydrogen) atoms. The zero-order chi connectivity index (χ0) is 7.40. The number of nitrogens with two attached hydrogens (primary N) is 1. The van der Waals surface area contributed by atoms with Crippen LogP contribution in [0.2, 0.25) is 0 Å². The van der Waals surface area contributed by atoms with Crippen LogP contribution < -0.4 is 5.73 Å². The van der Waals surface area contributed by atoms with Gasteiger partial charge in [0.1, 0.15) is 6.20 Å². The van der Waals surface area contributed by atoms with Gasteiger partial charge in [0.15, 0.2) is 0 Å². The summed E-state index contributed by atoms with van der Waals surface area (Å²) in [7, 11) is 0. The molecule has 1 rings (SSSR count). The summed E-state index contributed by atoms with van der Waals surface area (Å²) in [5.74, 6) is -0.297. The Morgan fingerprint density at radius 3 is 3.10 bits per heavy atom. The van der Waals surface area contributed by atoms with Crippen LogP contribution in [0.3, 0.4) is 0 Å². The minimum Gasteiger partial charge on any atom is -0.370 e. The highest BCUT2D eigenvalue weighted by Gasteiger charge is 1.93. The molecule has 0 aliphatic heterocycles. The fourth-order valence-corrected chi connectivity index (χ4v) is 0.610. The Labute approximate surface area is 58.7 Å². The van der Waals surface area contributed by atoms with E-state index in [2.05, 4.69) is 11.2 Å². The van der Waals surface area contributed by atoms with E-state index in [1.165, 1.54) is 0 Å². The molecular formula is C6H8N3O. The lowest BCUT2D eigenvalue weighted by Crippen LogP contribution is -2.13. The third kappa shape index (κ3) is 1.89. The van der Waals surface area contributed by atoms with Gasteiger partial charge in [0.25, 0.3) is 0 Å². The van der Waals surface area contributed by atoms with E-state index >= 15 is 0 Å². The Kier molecular flexibility index (Phi) is 2.04. The van der Waals surface area contributed by atoms with Crippen molar-refractivity contribution >= 4 is 5.91 Å². The molecule has 0 fully saturated rings. The fourth-order valence-electron chi connectivity index (χ4n) is 0.610. The molecule has 53 valence electrons. The highest BCUT2D eigenvalue weighted by Crippen LogP contribution is 1.87. The first-order valence-electron chi connectivity index (χ1n) is 2.95. The summed E-state index contributed by atoms with van der Waals surface area (Å²) in [5.41, 5.74) is 4.93. The van der Waals surface area contributed by atoms with Crippen LogP contribution in [0.5, 0.6) is 0 Å². The van der Waals surface area contributed by atoms with Crippen LogP contribution in [0.4, 0.5) is 0 Å². The van der Waals surface area contributed by atoms with E-state index < -0.39 is 0 Å². The van der Waals surface area contributed by atoms with Gasteiger partial charge in [0, 0.05) is 19.2 Å². The van der Waals surface area contributed by atoms with Gasteiger partial charge in [-0.05, 0) is 0 Å². The average molecular weight is 138 g/mol. The molecule has 1 amide bonds. The van der Waals surface area contributed by atoms with Crippen molar-refractivity contribution in [2.75, 3.05) is 0 Å². The normalized spacial score (nSPS) is 9.60. The van der Waals surface area contributed by atoms with Gasteiger partial charge in [0.05, 0.1) is 6.33 Å². The third-order valence-corrected chi connectivity index (χ3v) is 1.12. The molecule has 0 atom stereocenters. The SMILES string of the molecule is NC(=O)CCn1c[c]nc1. The van der Waals surface area contributed by atoms with E-state index in [1.807, 2.05) is 0 Å². The van der Waals surface area contributed by atoms with Crippen LogP contribution in [0.25, 0.3) is 0 Å². The predicted molar refractivity (Wildman–Crippen MR) is 34.9 cm³/mol. The van der Waals surface area contributed by atoms with Crippen LogP contribution in [0.15, 0.2) is 12.5 Å². The summed E-state index contributed by atoms with van der Waals surface area (Å²) in [6, 6.07) is 0. The summed E-state index contributed by atoms with van der Waals surface area (Å²) in [6.45, 7) is 0.589. The van der Waals surface area contributed by atoms with E-state index in [1.54, 1.807) is 17.1 Å². The summed E-state index contributed by atoms with van der Waals surface area (Å²) in [4.78, 5) is 14.0. The van der Waals surface area contributed by atoms with E-state index in [0.717, 1.165) is 0 Å². The van der Waals surface area contributed by atoms with Crippen molar-refractivity contribution in [3.05, 3.63) is 18.7 Å². The monoisotopic (exact) mass is 138 g/mol. The number of carbonyl (C=O) groups is 1. The molecule has 2 N–H and O–H groups in total. The molecule has 0 unspecified atom stereocenters. The highest BCUT2D eigenvalue weighted by molar-refractivity contribution is 5.73. The van der Waals surface area contributed by atoms with Crippen molar-refractivity contribution in [2.24, 2.45) is 5.73 Å². The molecule has 4 nitrogen and oxygen atoms in total. The van der Waals surface area contributed by atoms with Crippen molar-refractivity contribution in [2.45, 2.75) is 13.0 Å². The lowest BCUT2D eigenvalue weighted by atomic mass is 10.4. The molecular weight excluding hydrogens is 130 g/mol. The Bertz CT molecular complexity index is 205. The summed E-state index contributed by atoms with van der Waals surface area (Å²) < 4.78 is 1.75. The summed E-state index contributed by atoms with van der Waals surface area (Å²) in [5, 5.41) is 0. The maximum Gasteiger partial charge on any atom is 0.219 e. The molecule has 1 aromatic heterocycles. The molecule has 1 aromatic rings. The molecule has 1 radical (unpaired) electrons. The van der Waals surface area contributed by atoms with Crippen LogP contribution in [-0.4, -0.2) is 15.5 Å². The molecule has 0 spiro atoms. The number of hydrogen-bond acceptors (Lipinski definition) is 2. The quantitative estimate of drug-likeness (QED) is 0.615. The molecule has 0 aromatic carbocycles. The van der Waals surface area contributed by atoms with Gasteiger partial charge in [0.2, 0.25) is 5.91 Å². The maximum absolute atomic E-state index is 10.3. The van der Waals surface area contributed by atoms with Crippen LogP contribution in [0, 0.1) is 6.20 Å². The molecule has 4 heteroatoms. The summed E-state index contributed by atoms with van der Waals surface area (Å²) >= 11 is 0. The van der Waals surface area contributed by atoms with Gasteiger partial charge < -0.3 is 10.3 Å². The Morgan fingerprint density at radius 2 is 2.60 bits per heavy atom. The number of aromatic nitrogens is 2. The fraction of sp³-hybridized carbons (Fsp3) is 0.333. The average Bonchev–Trinajstić information content (AvgIpc) is 2.34. The van der Waals surface area contributed by atoms with Crippen molar-refractivity contribution in [1.29, 1.82) is 0 Å². The first kappa shape index (κ1) is 6.80. The third-order valence-electron chi connectivity index (χ3n) is 1.12. The van der Waals surface area contributed by atoms with Gasteiger partial charge >= 0.3 is 0 Å². The van der Waals surface area contributed by atoms with Crippen molar-refractivity contribution in [1.82, 2.24) is 9.55 Å². The lowest BCUT2D eigenvalue weighted by Gasteiger charge is -1.95. The molecule has 0 aliphatic carbocycles. The van der Waals surface area contributed by atoms with Gasteiger partial charge in [-0.3, -0.25) is 4.79 Å². The zero-order valence-corrected chi connectivity index (χ0v) is 5.45. The molecule has 1 heterocycles. The van der Waals surface area contributed by atoms with Crippen LogP contribution >= 0.6 is 0 Å². The van der Waals surface area contributed by atoms with Gasteiger partial charge in [-0.25, -0.2) is 4.98 Å². The number of rotatable bonds is 3. The van der Waals surface area contributed by atoms with Crippen molar-refractivity contribution < 1.29 is 4.79 Å². The van der Waals surface area contributed by atoms with E-state index in [9.17, 15) is 4.79 Å². The Morgan fingerprint density at radius 1 is 1.80 bits per heavy atom. The number of hydrogen-bond donors (Lipinski definition) is 1. The van der Waals surface area contributed by atoms with Crippen LogP contribution in [-0.2, 0) is 11.3 Å². The second kappa shape index (κ2) is 3.00. The largest absolute Gasteiger partial charge is 0.370 e. The lowest BCUT2D eigenvalue weighted by molar-refractivity contribution is -0.118. The second-order valence-electron chi connectivity index (χ2n) is 1.96. The standard InChI is InChI=1S/C6H8N3O/c7-6(10)1-3-9-4-2-8-5-9/h4-5H,1,3H2,(H2,7,10). The summed E-state index contributed by atoms with van der Waals surface area (Å²) in [6.07, 6.45) is 6.24. The topological polar surface area (TPSA) is 60.9 Å². The van der Waals surface area contributed by atoms with Crippen molar-refractivity contribution in [3.63, 3.8) is 0 Å². The first-order valence-corrected chi connectivity index (χ1v) is 2.95. The maximum atomic E-state index is 10.3. The van der Waals surface area contributed by atoms with Gasteiger partial charge in [-0.15, -0.1) is 0 Å². The predicted octanol–water partition coefficient (Wildman–Crippen LogP) is -0.441. The number of primary amides is 1. The smallest absolute Gasteiger partial charge is 0.219 e. The van der Waals surface area contributed by atoms with Crippen LogP contribution in [0.1, 0.15) is 6.42 Å². The minimum absolute atomic E-state index is 0.297. The Hall–Kier alpha value is -1.32. The number of amides is 1. The molecule has 0 aliphatic rings. The van der Waals surface area contributed by atoms with E-state index in [4.69, 9.17) is 5.73 Å². The van der Waals surface area contributed by atoms with Gasteiger partial charge in [-0.1, -0.05) is 0 Å². The number of aryl methyl sites for hydroxylation is 1. The molecule has 0 saturated heterocycles. The Balaban J connectivity index is 2.35. The number of nitrogens with zero attached hydrogens (tertiary/aromatic N) is 2. The van der Waals surface area contributed by atoms with Gasteiger partial charge in [-0.2, -0.15) is 0 Å².